The number of allylic oxidation sites excluding steroid dienone is 2. The van der Waals surface area contributed by atoms with Crippen molar-refractivity contribution >= 4 is 11.9 Å². The Labute approximate surface area is 148 Å². The molecule has 25 heavy (non-hydrogen) atoms. The number of carbonyl (C=O) groups is 2. The van der Waals surface area contributed by atoms with Gasteiger partial charge in [-0.25, -0.2) is 4.79 Å². The van der Waals surface area contributed by atoms with Crippen LogP contribution in [0.5, 0.6) is 0 Å². The third kappa shape index (κ3) is 2.46. The van der Waals surface area contributed by atoms with Crippen molar-refractivity contribution < 1.29 is 23.8 Å². The zero-order chi connectivity index (χ0) is 17.1. The molecular weight excluding hydrogens is 320 g/mol. The van der Waals surface area contributed by atoms with Crippen LogP contribution in [0.15, 0.2) is 12.2 Å². The van der Waals surface area contributed by atoms with Crippen molar-refractivity contribution in [1.82, 2.24) is 0 Å². The molecule has 136 valence electrons. The van der Waals surface area contributed by atoms with E-state index in [9.17, 15) is 9.59 Å². The van der Waals surface area contributed by atoms with Crippen LogP contribution in [0.1, 0.15) is 45.4 Å². The second-order valence-corrected chi connectivity index (χ2v) is 8.51. The lowest BCUT2D eigenvalue weighted by atomic mass is 9.69. The molecule has 5 rings (SSSR count). The molecule has 4 fully saturated rings. The number of carbonyl (C=O) groups excluding carboxylic acids is 2. The molecule has 8 atom stereocenters. The summed E-state index contributed by atoms with van der Waals surface area (Å²) in [5.74, 6) is 1.34. The maximum absolute atomic E-state index is 12.7. The molecule has 0 spiro atoms. The number of hydrogen-bond acceptors (Lipinski definition) is 5. The highest BCUT2D eigenvalue weighted by Crippen LogP contribution is 2.61. The first kappa shape index (κ1) is 15.9. The highest BCUT2D eigenvalue weighted by atomic mass is 16.6. The second kappa shape index (κ2) is 5.83. The highest BCUT2D eigenvalue weighted by Gasteiger charge is 2.64. The number of esters is 2. The first-order valence-corrected chi connectivity index (χ1v) is 9.86. The van der Waals surface area contributed by atoms with Gasteiger partial charge < -0.3 is 14.2 Å². The first-order chi connectivity index (χ1) is 12.1. The molecule has 0 aromatic rings. The summed E-state index contributed by atoms with van der Waals surface area (Å²) in [5.41, 5.74) is 0. The van der Waals surface area contributed by atoms with Crippen LogP contribution in [-0.4, -0.2) is 36.4 Å². The monoisotopic (exact) mass is 346 g/mol. The summed E-state index contributed by atoms with van der Waals surface area (Å²) in [7, 11) is 0. The molecule has 2 aliphatic heterocycles. The smallest absolute Gasteiger partial charge is 0.347 e. The van der Waals surface area contributed by atoms with E-state index in [2.05, 4.69) is 12.2 Å². The molecule has 0 N–H and O–H groups in total. The van der Waals surface area contributed by atoms with Crippen LogP contribution in [0.4, 0.5) is 0 Å². The lowest BCUT2D eigenvalue weighted by Gasteiger charge is -2.32. The molecule has 0 aromatic carbocycles. The van der Waals surface area contributed by atoms with Crippen molar-refractivity contribution in [2.24, 2.45) is 29.6 Å². The fourth-order valence-corrected chi connectivity index (χ4v) is 6.03. The zero-order valence-electron chi connectivity index (χ0n) is 14.6. The van der Waals surface area contributed by atoms with Gasteiger partial charge in [0.25, 0.3) is 0 Å². The molecule has 4 bridgehead atoms. The SMILES string of the molecule is CC(OC(=O)C1CC2OC1C1C3C=CC(C3)C21)C(=O)OC1CCCC1. The van der Waals surface area contributed by atoms with Gasteiger partial charge in [0.1, 0.15) is 6.10 Å². The van der Waals surface area contributed by atoms with Crippen LogP contribution >= 0.6 is 0 Å². The third-order valence-electron chi connectivity index (χ3n) is 7.12. The Morgan fingerprint density at radius 3 is 2.56 bits per heavy atom. The fraction of sp³-hybridized carbons (Fsp3) is 0.800. The molecule has 8 unspecified atom stereocenters. The number of ether oxygens (including phenoxy) is 3. The minimum atomic E-state index is -0.831. The lowest BCUT2D eigenvalue weighted by Crippen LogP contribution is -2.41. The van der Waals surface area contributed by atoms with E-state index in [1.54, 1.807) is 6.92 Å². The Balaban J connectivity index is 1.19. The summed E-state index contributed by atoms with van der Waals surface area (Å²) in [6, 6.07) is 0. The van der Waals surface area contributed by atoms with Gasteiger partial charge in [-0.15, -0.1) is 0 Å². The molecule has 2 saturated heterocycles. The average Bonchev–Trinajstić information content (AvgIpc) is 3.38. The Morgan fingerprint density at radius 2 is 1.80 bits per heavy atom. The van der Waals surface area contributed by atoms with E-state index in [0.29, 0.717) is 23.7 Å². The van der Waals surface area contributed by atoms with Crippen molar-refractivity contribution in [3.63, 3.8) is 0 Å². The topological polar surface area (TPSA) is 61.8 Å². The van der Waals surface area contributed by atoms with E-state index in [0.717, 1.165) is 32.1 Å². The summed E-state index contributed by atoms with van der Waals surface area (Å²) >= 11 is 0. The van der Waals surface area contributed by atoms with E-state index in [1.807, 2.05) is 0 Å². The normalized spacial score (nSPS) is 44.9. The van der Waals surface area contributed by atoms with Crippen LogP contribution in [0.25, 0.3) is 0 Å². The van der Waals surface area contributed by atoms with Crippen molar-refractivity contribution in [1.29, 1.82) is 0 Å². The van der Waals surface area contributed by atoms with E-state index in [4.69, 9.17) is 14.2 Å². The van der Waals surface area contributed by atoms with E-state index in [1.165, 1.54) is 6.42 Å². The summed E-state index contributed by atoms with van der Waals surface area (Å²) in [5, 5.41) is 0. The predicted molar refractivity (Wildman–Crippen MR) is 88.4 cm³/mol. The molecule has 0 aromatic heterocycles. The zero-order valence-corrected chi connectivity index (χ0v) is 14.6. The van der Waals surface area contributed by atoms with Gasteiger partial charge in [0.05, 0.1) is 18.1 Å². The number of fused-ring (bicyclic) bond motifs is 9. The molecular formula is C20H26O5. The van der Waals surface area contributed by atoms with Crippen LogP contribution < -0.4 is 0 Å². The van der Waals surface area contributed by atoms with E-state index in [-0.39, 0.29) is 30.2 Å². The standard InChI is InChI=1S/C20H26O5/c1-10(19(21)24-13-4-2-3-5-13)23-20(22)14-9-15-16-11-6-7-12(8-11)17(16)18(14)25-15/h6-7,10-18H,2-5,8-9H2,1H3. The maximum atomic E-state index is 12.7. The highest BCUT2D eigenvalue weighted by molar-refractivity contribution is 5.80. The van der Waals surface area contributed by atoms with Crippen molar-refractivity contribution in [2.45, 2.75) is 69.9 Å². The summed E-state index contributed by atoms with van der Waals surface area (Å²) in [6.07, 6.45) is 9.99. The second-order valence-electron chi connectivity index (χ2n) is 8.51. The van der Waals surface area contributed by atoms with Gasteiger partial charge in [0.2, 0.25) is 0 Å². The van der Waals surface area contributed by atoms with Gasteiger partial charge in [-0.1, -0.05) is 12.2 Å². The van der Waals surface area contributed by atoms with Crippen LogP contribution in [0.2, 0.25) is 0 Å². The molecule has 5 aliphatic rings. The van der Waals surface area contributed by atoms with Crippen LogP contribution in [-0.2, 0) is 23.8 Å². The van der Waals surface area contributed by atoms with Gasteiger partial charge in [-0.3, -0.25) is 4.79 Å². The lowest BCUT2D eigenvalue weighted by molar-refractivity contribution is -0.173. The average molecular weight is 346 g/mol. The Morgan fingerprint density at radius 1 is 1.08 bits per heavy atom. The third-order valence-corrected chi connectivity index (χ3v) is 7.12. The quantitative estimate of drug-likeness (QED) is 0.578. The minimum absolute atomic E-state index is 0.000984. The molecule has 0 amide bonds. The van der Waals surface area contributed by atoms with Gasteiger partial charge in [-0.2, -0.15) is 0 Å². The van der Waals surface area contributed by atoms with Crippen molar-refractivity contribution in [3.8, 4) is 0 Å². The Kier molecular flexibility index (Phi) is 3.70. The first-order valence-electron chi connectivity index (χ1n) is 9.86. The van der Waals surface area contributed by atoms with Gasteiger partial charge in [-0.05, 0) is 69.1 Å². The van der Waals surface area contributed by atoms with Gasteiger partial charge in [0.15, 0.2) is 6.10 Å². The molecule has 2 heterocycles. The maximum Gasteiger partial charge on any atom is 0.347 e. The fourth-order valence-electron chi connectivity index (χ4n) is 6.03. The van der Waals surface area contributed by atoms with E-state index < -0.39 is 12.1 Å². The van der Waals surface area contributed by atoms with Crippen molar-refractivity contribution in [2.75, 3.05) is 0 Å². The van der Waals surface area contributed by atoms with Crippen LogP contribution in [0.3, 0.4) is 0 Å². The Hall–Kier alpha value is -1.36. The molecule has 0 radical (unpaired) electrons. The van der Waals surface area contributed by atoms with Crippen molar-refractivity contribution in [3.05, 3.63) is 12.2 Å². The molecule has 5 nitrogen and oxygen atoms in total. The summed E-state index contributed by atoms with van der Waals surface area (Å²) in [4.78, 5) is 24.8. The van der Waals surface area contributed by atoms with E-state index >= 15 is 0 Å². The molecule has 2 saturated carbocycles. The predicted octanol–water partition coefficient (Wildman–Crippen LogP) is 2.63. The minimum Gasteiger partial charge on any atom is -0.460 e. The van der Waals surface area contributed by atoms with Gasteiger partial charge >= 0.3 is 11.9 Å². The largest absolute Gasteiger partial charge is 0.460 e. The molecule has 3 aliphatic carbocycles. The molecule has 5 heteroatoms. The summed E-state index contributed by atoms with van der Waals surface area (Å²) in [6.45, 7) is 1.62. The van der Waals surface area contributed by atoms with Crippen LogP contribution in [0, 0.1) is 29.6 Å². The number of hydrogen-bond donors (Lipinski definition) is 0. The Bertz CT molecular complexity index is 607. The van der Waals surface area contributed by atoms with Gasteiger partial charge in [0, 0.05) is 0 Å². The summed E-state index contributed by atoms with van der Waals surface area (Å²) < 4.78 is 17.1. The number of rotatable bonds is 4.